The number of carbonyl (C=O) groups is 1. The highest BCUT2D eigenvalue weighted by atomic mass is 16.2. The van der Waals surface area contributed by atoms with Crippen LogP contribution in [0.5, 0.6) is 0 Å². The summed E-state index contributed by atoms with van der Waals surface area (Å²) in [4.78, 5) is 11.9. The Balaban J connectivity index is 2.62. The minimum atomic E-state index is -0.580. The molecular weight excluding hydrogens is 224 g/mol. The summed E-state index contributed by atoms with van der Waals surface area (Å²) >= 11 is 0. The fraction of sp³-hybridized carbons (Fsp3) is 0.800. The maximum atomic E-state index is 11.9. The molecule has 3 nitrogen and oxygen atoms in total. The third-order valence-corrected chi connectivity index (χ3v) is 3.58. The van der Waals surface area contributed by atoms with Crippen LogP contribution in [0.2, 0.25) is 0 Å². The van der Waals surface area contributed by atoms with E-state index in [1.54, 1.807) is 0 Å². The van der Waals surface area contributed by atoms with Crippen LogP contribution in [-0.4, -0.2) is 18.0 Å². The molecule has 0 aromatic rings. The van der Waals surface area contributed by atoms with E-state index in [0.717, 1.165) is 12.8 Å². The minimum absolute atomic E-state index is 0.119. The van der Waals surface area contributed by atoms with E-state index in [1.807, 2.05) is 0 Å². The molecular formula is C15H26N2O. The van der Waals surface area contributed by atoms with Crippen LogP contribution in [0.25, 0.3) is 0 Å². The summed E-state index contributed by atoms with van der Waals surface area (Å²) in [5.74, 6) is 2.31. The molecule has 0 aliphatic heterocycles. The normalized spacial score (nSPS) is 24.0. The molecule has 1 atom stereocenters. The van der Waals surface area contributed by atoms with Crippen molar-refractivity contribution in [3.8, 4) is 12.3 Å². The molecule has 1 rings (SSSR count). The third kappa shape index (κ3) is 4.34. The van der Waals surface area contributed by atoms with Crippen LogP contribution in [0.1, 0.15) is 53.4 Å². The number of hydrogen-bond donors (Lipinski definition) is 2. The zero-order chi connectivity index (χ0) is 14.0. The lowest BCUT2D eigenvalue weighted by Crippen LogP contribution is -2.50. The fourth-order valence-corrected chi connectivity index (χ4v) is 3.48. The molecule has 0 aromatic carbocycles. The molecule has 1 unspecified atom stereocenters. The summed E-state index contributed by atoms with van der Waals surface area (Å²) in [6, 6.07) is -0.372. The van der Waals surface area contributed by atoms with Crippen LogP contribution in [0, 0.1) is 23.2 Å². The summed E-state index contributed by atoms with van der Waals surface area (Å²) < 4.78 is 0. The van der Waals surface area contributed by atoms with Crippen LogP contribution >= 0.6 is 0 Å². The predicted molar refractivity (Wildman–Crippen MR) is 74.8 cm³/mol. The number of nitrogens with two attached hydrogens (primary N) is 1. The standard InChI is InChI=1S/C15H26N2O/c1-6-7-12(16)13(18)17-11-8-14(2,3)10-15(4,5)9-11/h1,11-12H,7-10,16H2,2-5H3,(H,17,18). The predicted octanol–water partition coefficient (Wildman–Crippen LogP) is 2.06. The lowest BCUT2D eigenvalue weighted by atomic mass is 9.63. The Morgan fingerprint density at radius 2 is 1.89 bits per heavy atom. The van der Waals surface area contributed by atoms with Gasteiger partial charge >= 0.3 is 0 Å². The van der Waals surface area contributed by atoms with Crippen LogP contribution in [-0.2, 0) is 4.79 Å². The van der Waals surface area contributed by atoms with Crippen molar-refractivity contribution >= 4 is 5.91 Å². The molecule has 0 heterocycles. The van der Waals surface area contributed by atoms with Crippen molar-refractivity contribution in [3.05, 3.63) is 0 Å². The van der Waals surface area contributed by atoms with Gasteiger partial charge in [0.1, 0.15) is 0 Å². The molecule has 1 amide bonds. The Morgan fingerprint density at radius 3 is 2.33 bits per heavy atom. The van der Waals surface area contributed by atoms with Gasteiger partial charge in [-0.1, -0.05) is 27.7 Å². The van der Waals surface area contributed by atoms with Gasteiger partial charge in [-0.2, -0.15) is 0 Å². The number of rotatable bonds is 3. The number of terminal acetylenes is 1. The molecule has 0 radical (unpaired) electrons. The van der Waals surface area contributed by atoms with Gasteiger partial charge in [0.15, 0.2) is 0 Å². The molecule has 1 aliphatic carbocycles. The Bertz CT molecular complexity index is 336. The van der Waals surface area contributed by atoms with E-state index in [4.69, 9.17) is 12.2 Å². The molecule has 1 saturated carbocycles. The molecule has 1 aliphatic rings. The Kier molecular flexibility index (Phi) is 4.45. The average Bonchev–Trinajstić information content (AvgIpc) is 2.12. The van der Waals surface area contributed by atoms with E-state index >= 15 is 0 Å². The van der Waals surface area contributed by atoms with Gasteiger partial charge in [0.2, 0.25) is 5.91 Å². The summed E-state index contributed by atoms with van der Waals surface area (Å²) in [5.41, 5.74) is 6.25. The number of nitrogens with one attached hydrogen (secondary N) is 1. The largest absolute Gasteiger partial charge is 0.352 e. The van der Waals surface area contributed by atoms with Gasteiger partial charge < -0.3 is 11.1 Å². The van der Waals surface area contributed by atoms with E-state index in [9.17, 15) is 4.79 Å². The smallest absolute Gasteiger partial charge is 0.238 e. The van der Waals surface area contributed by atoms with Crippen LogP contribution in [0.4, 0.5) is 0 Å². The first kappa shape index (κ1) is 15.0. The van der Waals surface area contributed by atoms with Crippen LogP contribution in [0.15, 0.2) is 0 Å². The van der Waals surface area contributed by atoms with E-state index in [2.05, 4.69) is 38.9 Å². The lowest BCUT2D eigenvalue weighted by Gasteiger charge is -2.45. The van der Waals surface area contributed by atoms with Gasteiger partial charge in [-0.25, -0.2) is 0 Å². The maximum absolute atomic E-state index is 11.9. The van der Waals surface area contributed by atoms with Crippen molar-refractivity contribution in [3.63, 3.8) is 0 Å². The fourth-order valence-electron chi connectivity index (χ4n) is 3.48. The zero-order valence-corrected chi connectivity index (χ0v) is 12.0. The molecule has 0 spiro atoms. The maximum Gasteiger partial charge on any atom is 0.238 e. The van der Waals surface area contributed by atoms with E-state index in [-0.39, 0.29) is 22.8 Å². The second-order valence-corrected chi connectivity index (χ2v) is 7.13. The van der Waals surface area contributed by atoms with E-state index < -0.39 is 6.04 Å². The van der Waals surface area contributed by atoms with Crippen LogP contribution < -0.4 is 11.1 Å². The topological polar surface area (TPSA) is 55.1 Å². The monoisotopic (exact) mass is 250 g/mol. The van der Waals surface area contributed by atoms with Gasteiger partial charge in [-0.15, -0.1) is 12.3 Å². The van der Waals surface area contributed by atoms with Gasteiger partial charge in [-0.3, -0.25) is 4.79 Å². The zero-order valence-electron chi connectivity index (χ0n) is 12.0. The Labute approximate surface area is 111 Å². The number of carbonyl (C=O) groups excluding carboxylic acids is 1. The van der Waals surface area contributed by atoms with Crippen molar-refractivity contribution < 1.29 is 4.79 Å². The quantitative estimate of drug-likeness (QED) is 0.753. The third-order valence-electron chi connectivity index (χ3n) is 3.58. The van der Waals surface area contributed by atoms with Gasteiger partial charge in [-0.05, 0) is 30.1 Å². The van der Waals surface area contributed by atoms with Crippen molar-refractivity contribution in [1.29, 1.82) is 0 Å². The summed E-state index contributed by atoms with van der Waals surface area (Å²) in [5, 5.41) is 3.06. The highest BCUT2D eigenvalue weighted by Crippen LogP contribution is 2.45. The number of amides is 1. The molecule has 0 saturated heterocycles. The molecule has 102 valence electrons. The molecule has 1 fully saturated rings. The van der Waals surface area contributed by atoms with E-state index in [1.165, 1.54) is 6.42 Å². The first-order chi connectivity index (χ1) is 8.15. The Hall–Kier alpha value is -1.01. The van der Waals surface area contributed by atoms with Gasteiger partial charge in [0.05, 0.1) is 6.04 Å². The van der Waals surface area contributed by atoms with Crippen LogP contribution in [0.3, 0.4) is 0 Å². The Morgan fingerprint density at radius 1 is 1.39 bits per heavy atom. The van der Waals surface area contributed by atoms with Gasteiger partial charge in [0, 0.05) is 12.5 Å². The molecule has 0 bridgehead atoms. The van der Waals surface area contributed by atoms with Crippen molar-refractivity contribution in [2.45, 2.75) is 65.5 Å². The van der Waals surface area contributed by atoms with E-state index in [0.29, 0.717) is 6.42 Å². The average molecular weight is 250 g/mol. The van der Waals surface area contributed by atoms with Gasteiger partial charge in [0.25, 0.3) is 0 Å². The highest BCUT2D eigenvalue weighted by molar-refractivity contribution is 5.82. The SMILES string of the molecule is C#CCC(N)C(=O)NC1CC(C)(C)CC(C)(C)C1. The molecule has 3 N–H and O–H groups in total. The first-order valence-corrected chi connectivity index (χ1v) is 6.65. The second-order valence-electron chi connectivity index (χ2n) is 7.13. The van der Waals surface area contributed by atoms with Crippen molar-refractivity contribution in [1.82, 2.24) is 5.32 Å². The minimum Gasteiger partial charge on any atom is -0.352 e. The lowest BCUT2D eigenvalue weighted by molar-refractivity contribution is -0.123. The molecule has 0 aromatic heterocycles. The molecule has 18 heavy (non-hydrogen) atoms. The number of hydrogen-bond acceptors (Lipinski definition) is 2. The summed E-state index contributed by atoms with van der Waals surface area (Å²) in [7, 11) is 0. The summed E-state index contributed by atoms with van der Waals surface area (Å²) in [6.45, 7) is 9.03. The van der Waals surface area contributed by atoms with Crippen molar-refractivity contribution in [2.24, 2.45) is 16.6 Å². The molecule has 3 heteroatoms. The first-order valence-electron chi connectivity index (χ1n) is 6.65. The highest BCUT2D eigenvalue weighted by Gasteiger charge is 2.39. The summed E-state index contributed by atoms with van der Waals surface area (Å²) in [6.07, 6.45) is 8.67. The second kappa shape index (κ2) is 5.32. The van der Waals surface area contributed by atoms with Crippen molar-refractivity contribution in [2.75, 3.05) is 0 Å².